The Morgan fingerprint density at radius 1 is 1.21 bits per heavy atom. The molecule has 0 radical (unpaired) electrons. The van der Waals surface area contributed by atoms with Crippen molar-refractivity contribution in [2.45, 2.75) is 23.3 Å². The minimum absolute atomic E-state index is 0.131. The molecule has 0 aliphatic carbocycles. The second kappa shape index (κ2) is 8.05. The van der Waals surface area contributed by atoms with Gasteiger partial charge < -0.3 is 4.74 Å². The largest absolute Gasteiger partial charge is 0.381 e. The molecule has 5 nitrogen and oxygen atoms in total. The molecule has 1 aromatic rings. The summed E-state index contributed by atoms with van der Waals surface area (Å²) in [4.78, 5) is 2.76. The smallest absolute Gasteiger partial charge is 0.241 e. The molecule has 2 saturated heterocycles. The van der Waals surface area contributed by atoms with Gasteiger partial charge in [0.2, 0.25) is 10.0 Å². The Morgan fingerprint density at radius 3 is 2.54 bits per heavy atom. The number of ether oxygens (including phenoxy) is 1. The third kappa shape index (κ3) is 4.16. The van der Waals surface area contributed by atoms with Gasteiger partial charge in [0, 0.05) is 54.4 Å². The molecule has 1 aromatic carbocycles. The van der Waals surface area contributed by atoms with E-state index in [1.165, 1.54) is 0 Å². The highest BCUT2D eigenvalue weighted by molar-refractivity contribution is 9.10. The van der Waals surface area contributed by atoms with Gasteiger partial charge in [0.25, 0.3) is 0 Å². The fraction of sp³-hybridized carbons (Fsp3) is 0.625. The fourth-order valence-corrected chi connectivity index (χ4v) is 6.39. The van der Waals surface area contributed by atoms with Crippen molar-refractivity contribution in [3.63, 3.8) is 0 Å². The van der Waals surface area contributed by atoms with Crippen molar-refractivity contribution >= 4 is 37.7 Å². The van der Waals surface area contributed by atoms with Gasteiger partial charge in [0.1, 0.15) is 0 Å². The van der Waals surface area contributed by atoms with Crippen molar-refractivity contribution < 1.29 is 13.2 Å². The molecule has 0 unspecified atom stereocenters. The minimum Gasteiger partial charge on any atom is -0.381 e. The summed E-state index contributed by atoms with van der Waals surface area (Å²) in [5, 5.41) is 0. The maximum Gasteiger partial charge on any atom is 0.241 e. The van der Waals surface area contributed by atoms with E-state index in [-0.39, 0.29) is 5.54 Å². The average Bonchev–Trinajstić information content (AvgIpc) is 2.62. The summed E-state index contributed by atoms with van der Waals surface area (Å²) in [6.07, 6.45) is 1.74. The monoisotopic (exact) mass is 434 g/mol. The molecular formula is C16H23BrN2O3S2. The number of rotatable bonds is 5. The lowest BCUT2D eigenvalue weighted by atomic mass is 9.88. The highest BCUT2D eigenvalue weighted by Gasteiger charge is 2.40. The quantitative estimate of drug-likeness (QED) is 0.770. The number of benzene rings is 1. The predicted octanol–water partition coefficient (Wildman–Crippen LogP) is 2.33. The summed E-state index contributed by atoms with van der Waals surface area (Å²) in [6, 6.07) is 6.93. The lowest BCUT2D eigenvalue weighted by Crippen LogP contribution is -2.60. The van der Waals surface area contributed by atoms with Crippen LogP contribution in [0.25, 0.3) is 0 Å². The second-order valence-corrected chi connectivity index (χ2v) is 10.0. The maximum atomic E-state index is 12.7. The topological polar surface area (TPSA) is 58.6 Å². The molecule has 0 bridgehead atoms. The van der Waals surface area contributed by atoms with Crippen LogP contribution in [0.2, 0.25) is 0 Å². The Labute approximate surface area is 156 Å². The van der Waals surface area contributed by atoms with E-state index in [0.29, 0.717) is 29.1 Å². The summed E-state index contributed by atoms with van der Waals surface area (Å²) in [6.45, 7) is 3.86. The van der Waals surface area contributed by atoms with Crippen molar-refractivity contribution in [1.82, 2.24) is 9.62 Å². The first-order valence-electron chi connectivity index (χ1n) is 8.18. The van der Waals surface area contributed by atoms with Gasteiger partial charge in [-0.25, -0.2) is 13.1 Å². The van der Waals surface area contributed by atoms with Crippen LogP contribution in [0.3, 0.4) is 0 Å². The Bertz CT molecular complexity index is 657. The highest BCUT2D eigenvalue weighted by atomic mass is 79.9. The number of halogens is 1. The Kier molecular flexibility index (Phi) is 6.26. The van der Waals surface area contributed by atoms with E-state index in [9.17, 15) is 8.42 Å². The number of hydrogen-bond acceptors (Lipinski definition) is 5. The molecule has 0 saturated carbocycles. The third-order valence-electron chi connectivity index (χ3n) is 4.82. The van der Waals surface area contributed by atoms with Gasteiger partial charge in [-0.15, -0.1) is 0 Å². The molecule has 2 aliphatic rings. The summed E-state index contributed by atoms with van der Waals surface area (Å²) < 4.78 is 34.4. The van der Waals surface area contributed by atoms with E-state index < -0.39 is 10.0 Å². The van der Waals surface area contributed by atoms with Crippen LogP contribution in [-0.4, -0.2) is 63.2 Å². The number of nitrogens with one attached hydrogen (secondary N) is 1. The first-order chi connectivity index (χ1) is 11.5. The molecule has 24 heavy (non-hydrogen) atoms. The highest BCUT2D eigenvalue weighted by Crippen LogP contribution is 2.31. The zero-order valence-corrected chi connectivity index (χ0v) is 16.8. The van der Waals surface area contributed by atoms with Crippen LogP contribution in [0.15, 0.2) is 33.6 Å². The van der Waals surface area contributed by atoms with Gasteiger partial charge >= 0.3 is 0 Å². The minimum atomic E-state index is -3.54. The van der Waals surface area contributed by atoms with Crippen LogP contribution in [0, 0.1) is 0 Å². The number of nitrogens with zero attached hydrogens (tertiary/aromatic N) is 1. The lowest BCUT2D eigenvalue weighted by Gasteiger charge is -2.48. The molecule has 2 aliphatic heterocycles. The van der Waals surface area contributed by atoms with Crippen molar-refractivity contribution in [3.05, 3.63) is 28.7 Å². The SMILES string of the molecule is O=S(=O)(NCC1(N2CCSCC2)CCOCC1)c1ccccc1Br. The summed E-state index contributed by atoms with van der Waals surface area (Å²) in [5.74, 6) is 2.22. The summed E-state index contributed by atoms with van der Waals surface area (Å²) >= 11 is 5.30. The third-order valence-corrected chi connectivity index (χ3v) is 8.18. The van der Waals surface area contributed by atoms with Crippen molar-refractivity contribution in [2.75, 3.05) is 44.4 Å². The second-order valence-electron chi connectivity index (χ2n) is 6.19. The molecule has 0 aromatic heterocycles. The van der Waals surface area contributed by atoms with Crippen LogP contribution >= 0.6 is 27.7 Å². The zero-order chi connectivity index (χ0) is 17.0. The summed E-state index contributed by atoms with van der Waals surface area (Å²) in [5.41, 5.74) is -0.131. The van der Waals surface area contributed by atoms with E-state index in [4.69, 9.17) is 4.74 Å². The van der Waals surface area contributed by atoms with Gasteiger partial charge in [-0.2, -0.15) is 11.8 Å². The molecular weight excluding hydrogens is 412 g/mol. The molecule has 1 N–H and O–H groups in total. The van der Waals surface area contributed by atoms with Gasteiger partial charge in [-0.3, -0.25) is 4.90 Å². The van der Waals surface area contributed by atoms with E-state index in [1.807, 2.05) is 17.8 Å². The zero-order valence-electron chi connectivity index (χ0n) is 13.5. The number of sulfonamides is 1. The van der Waals surface area contributed by atoms with Crippen LogP contribution in [0.4, 0.5) is 0 Å². The predicted molar refractivity (Wildman–Crippen MR) is 101 cm³/mol. The molecule has 2 fully saturated rings. The number of hydrogen-bond donors (Lipinski definition) is 1. The van der Waals surface area contributed by atoms with Gasteiger partial charge in [0.05, 0.1) is 4.90 Å². The maximum absolute atomic E-state index is 12.7. The van der Waals surface area contributed by atoms with Crippen molar-refractivity contribution in [1.29, 1.82) is 0 Å². The molecule has 0 atom stereocenters. The van der Waals surface area contributed by atoms with Gasteiger partial charge in [-0.05, 0) is 40.9 Å². The first kappa shape index (κ1) is 18.7. The molecule has 134 valence electrons. The van der Waals surface area contributed by atoms with Crippen molar-refractivity contribution in [2.24, 2.45) is 0 Å². The molecule has 3 rings (SSSR count). The van der Waals surface area contributed by atoms with Gasteiger partial charge in [-0.1, -0.05) is 12.1 Å². The van der Waals surface area contributed by atoms with E-state index in [2.05, 4.69) is 25.6 Å². The Morgan fingerprint density at radius 2 is 1.88 bits per heavy atom. The van der Waals surface area contributed by atoms with Crippen LogP contribution in [0.1, 0.15) is 12.8 Å². The number of thioether (sulfide) groups is 1. The van der Waals surface area contributed by atoms with Gasteiger partial charge in [0.15, 0.2) is 0 Å². The van der Waals surface area contributed by atoms with Crippen molar-refractivity contribution in [3.8, 4) is 0 Å². The summed E-state index contributed by atoms with van der Waals surface area (Å²) in [7, 11) is -3.54. The van der Waals surface area contributed by atoms with E-state index >= 15 is 0 Å². The standard InChI is InChI=1S/C16H23BrN2O3S2/c17-14-3-1-2-4-15(14)24(20,21)18-13-16(5-9-22-10-6-16)19-7-11-23-12-8-19/h1-4,18H,5-13H2. The first-order valence-corrected chi connectivity index (χ1v) is 11.6. The van der Waals surface area contributed by atoms with Crippen LogP contribution < -0.4 is 4.72 Å². The lowest BCUT2D eigenvalue weighted by molar-refractivity contribution is -0.0218. The Balaban J connectivity index is 1.77. The van der Waals surface area contributed by atoms with E-state index in [0.717, 1.165) is 37.4 Å². The van der Waals surface area contributed by atoms with Crippen LogP contribution in [0.5, 0.6) is 0 Å². The fourth-order valence-electron chi connectivity index (χ4n) is 3.36. The molecule has 0 spiro atoms. The molecule has 2 heterocycles. The normalized spacial score (nSPS) is 22.4. The molecule has 0 amide bonds. The Hall–Kier alpha value is -0.120. The molecule has 8 heteroatoms. The van der Waals surface area contributed by atoms with E-state index in [1.54, 1.807) is 18.2 Å². The average molecular weight is 435 g/mol. The van der Waals surface area contributed by atoms with Crippen LogP contribution in [-0.2, 0) is 14.8 Å².